The van der Waals surface area contributed by atoms with Crippen molar-refractivity contribution in [2.75, 3.05) is 6.54 Å². The van der Waals surface area contributed by atoms with Crippen LogP contribution in [-0.4, -0.2) is 23.3 Å². The van der Waals surface area contributed by atoms with Crippen LogP contribution < -0.4 is 5.32 Å². The van der Waals surface area contributed by atoms with Gasteiger partial charge in [0.25, 0.3) is 11.6 Å². The van der Waals surface area contributed by atoms with Crippen LogP contribution in [0, 0.1) is 10.1 Å². The molecule has 0 saturated heterocycles. The first-order chi connectivity index (χ1) is 11.9. The Morgan fingerprint density at radius 2 is 1.96 bits per heavy atom. The smallest absolute Gasteiger partial charge is 0.326 e. The predicted octanol–water partition coefficient (Wildman–Crippen LogP) is 3.28. The van der Waals surface area contributed by atoms with Gasteiger partial charge in [0.2, 0.25) is 0 Å². The highest BCUT2D eigenvalue weighted by molar-refractivity contribution is 6.31. The van der Waals surface area contributed by atoms with Crippen molar-refractivity contribution >= 4 is 29.2 Å². The molecule has 2 rings (SSSR count). The van der Waals surface area contributed by atoms with E-state index in [0.717, 1.165) is 6.07 Å². The average Bonchev–Trinajstić information content (AvgIpc) is 2.60. The van der Waals surface area contributed by atoms with Gasteiger partial charge in [0.05, 0.1) is 4.92 Å². The fourth-order valence-electron chi connectivity index (χ4n) is 2.12. The molecule has 0 saturated carbocycles. The number of ether oxygens (including phenoxy) is 1. The van der Waals surface area contributed by atoms with Crippen molar-refractivity contribution in [3.63, 3.8) is 0 Å². The number of nitrogens with zero attached hydrogens (tertiary/aromatic N) is 1. The average molecular weight is 363 g/mol. The lowest BCUT2D eigenvalue weighted by molar-refractivity contribution is -0.384. The first-order valence-electron chi connectivity index (χ1n) is 7.35. The number of nitro benzene ring substituents is 1. The van der Waals surface area contributed by atoms with E-state index in [1.54, 1.807) is 31.2 Å². The maximum Gasteiger partial charge on any atom is 0.326 e. The standard InChI is InChI=1S/C17H15ClN2O5/c1-11(14-7-2-3-8-15(14)18)25-16(21)10-19-17(22)12-5-4-6-13(9-12)20(23)24/h2-9,11H,10H2,1H3,(H,19,22)/t11-/m1/s1. The van der Waals surface area contributed by atoms with E-state index in [9.17, 15) is 19.7 Å². The van der Waals surface area contributed by atoms with E-state index in [1.165, 1.54) is 18.2 Å². The van der Waals surface area contributed by atoms with Gasteiger partial charge < -0.3 is 10.1 Å². The lowest BCUT2D eigenvalue weighted by Crippen LogP contribution is -2.31. The number of amides is 1. The number of carbonyl (C=O) groups is 2. The van der Waals surface area contributed by atoms with Gasteiger partial charge in [-0.1, -0.05) is 35.9 Å². The summed E-state index contributed by atoms with van der Waals surface area (Å²) in [5.41, 5.74) is 0.534. The van der Waals surface area contributed by atoms with E-state index >= 15 is 0 Å². The Balaban J connectivity index is 1.91. The Kier molecular flexibility index (Phi) is 6.08. The highest BCUT2D eigenvalue weighted by atomic mass is 35.5. The first kappa shape index (κ1) is 18.4. The minimum Gasteiger partial charge on any atom is -0.456 e. The summed E-state index contributed by atoms with van der Waals surface area (Å²) in [4.78, 5) is 33.9. The van der Waals surface area contributed by atoms with Crippen molar-refractivity contribution in [1.29, 1.82) is 0 Å². The monoisotopic (exact) mass is 362 g/mol. The number of rotatable bonds is 6. The van der Waals surface area contributed by atoms with Crippen LogP contribution in [-0.2, 0) is 9.53 Å². The summed E-state index contributed by atoms with van der Waals surface area (Å²) >= 11 is 6.03. The summed E-state index contributed by atoms with van der Waals surface area (Å²) in [5.74, 6) is -1.25. The molecule has 25 heavy (non-hydrogen) atoms. The predicted molar refractivity (Wildman–Crippen MR) is 91.4 cm³/mol. The number of halogens is 1. The van der Waals surface area contributed by atoms with Crippen molar-refractivity contribution in [2.45, 2.75) is 13.0 Å². The first-order valence-corrected chi connectivity index (χ1v) is 7.73. The molecule has 7 nitrogen and oxygen atoms in total. The largest absolute Gasteiger partial charge is 0.456 e. The van der Waals surface area contributed by atoms with Gasteiger partial charge >= 0.3 is 5.97 Å². The number of nitro groups is 1. The third-order valence-corrected chi connectivity index (χ3v) is 3.71. The van der Waals surface area contributed by atoms with Gasteiger partial charge in [-0.3, -0.25) is 19.7 Å². The second-order valence-electron chi connectivity index (χ2n) is 5.14. The molecule has 0 aliphatic rings. The second kappa shape index (κ2) is 8.25. The third kappa shape index (κ3) is 5.02. The fraction of sp³-hybridized carbons (Fsp3) is 0.176. The maximum atomic E-state index is 12.0. The minimum atomic E-state index is -0.647. The van der Waals surface area contributed by atoms with Gasteiger partial charge in [0, 0.05) is 28.3 Å². The number of non-ortho nitro benzene ring substituents is 1. The van der Waals surface area contributed by atoms with Gasteiger partial charge in [-0.25, -0.2) is 0 Å². The van der Waals surface area contributed by atoms with Crippen LogP contribution in [0.5, 0.6) is 0 Å². The molecule has 0 fully saturated rings. The van der Waals surface area contributed by atoms with Gasteiger partial charge in [0.15, 0.2) is 0 Å². The SMILES string of the molecule is C[C@@H](OC(=O)CNC(=O)c1cccc([N+](=O)[O-])c1)c1ccccc1Cl. The van der Waals surface area contributed by atoms with Crippen molar-refractivity contribution in [3.8, 4) is 0 Å². The zero-order chi connectivity index (χ0) is 18.4. The van der Waals surface area contributed by atoms with Crippen LogP contribution in [0.4, 0.5) is 5.69 Å². The van der Waals surface area contributed by atoms with Crippen LogP contribution >= 0.6 is 11.6 Å². The number of nitrogens with one attached hydrogen (secondary N) is 1. The van der Waals surface area contributed by atoms with Crippen LogP contribution in [0.2, 0.25) is 5.02 Å². The summed E-state index contributed by atoms with van der Waals surface area (Å²) in [6, 6.07) is 12.2. The summed E-state index contributed by atoms with van der Waals surface area (Å²) in [7, 11) is 0. The molecule has 0 aliphatic heterocycles. The summed E-state index contributed by atoms with van der Waals surface area (Å²) in [6.07, 6.45) is -0.573. The molecule has 0 aromatic heterocycles. The van der Waals surface area contributed by atoms with Crippen molar-refractivity contribution in [2.24, 2.45) is 0 Å². The second-order valence-corrected chi connectivity index (χ2v) is 5.55. The number of benzene rings is 2. The zero-order valence-electron chi connectivity index (χ0n) is 13.3. The molecule has 1 N–H and O–H groups in total. The number of hydrogen-bond donors (Lipinski definition) is 1. The molecule has 130 valence electrons. The van der Waals surface area contributed by atoms with Gasteiger partial charge in [0.1, 0.15) is 12.6 Å². The highest BCUT2D eigenvalue weighted by Crippen LogP contribution is 2.24. The van der Waals surface area contributed by atoms with Crippen LogP contribution in [0.25, 0.3) is 0 Å². The van der Waals surface area contributed by atoms with E-state index < -0.39 is 22.9 Å². The Morgan fingerprint density at radius 3 is 2.64 bits per heavy atom. The highest BCUT2D eigenvalue weighted by Gasteiger charge is 2.16. The Labute approximate surface area is 148 Å². The van der Waals surface area contributed by atoms with E-state index in [2.05, 4.69) is 5.32 Å². The van der Waals surface area contributed by atoms with Crippen molar-refractivity contribution in [3.05, 3.63) is 74.8 Å². The van der Waals surface area contributed by atoms with Crippen LogP contribution in [0.1, 0.15) is 28.9 Å². The van der Waals surface area contributed by atoms with Gasteiger partial charge in [-0.2, -0.15) is 0 Å². The maximum absolute atomic E-state index is 12.0. The Hall–Kier alpha value is -2.93. The molecule has 0 unspecified atom stereocenters. The molecule has 8 heteroatoms. The molecule has 0 bridgehead atoms. The topological polar surface area (TPSA) is 98.5 Å². The zero-order valence-corrected chi connectivity index (χ0v) is 14.0. The van der Waals surface area contributed by atoms with Gasteiger partial charge in [-0.15, -0.1) is 0 Å². The molecule has 0 spiro atoms. The quantitative estimate of drug-likeness (QED) is 0.483. The molecule has 2 aromatic rings. The normalized spacial score (nSPS) is 11.4. The Morgan fingerprint density at radius 1 is 1.24 bits per heavy atom. The molecule has 1 amide bonds. The van der Waals surface area contributed by atoms with Gasteiger partial charge in [-0.05, 0) is 19.1 Å². The van der Waals surface area contributed by atoms with E-state index in [-0.39, 0.29) is 17.8 Å². The Bertz CT molecular complexity index is 809. The molecule has 0 heterocycles. The van der Waals surface area contributed by atoms with Crippen molar-refractivity contribution in [1.82, 2.24) is 5.32 Å². The summed E-state index contributed by atoms with van der Waals surface area (Å²) < 4.78 is 5.22. The molecular formula is C17H15ClN2O5. The molecule has 0 aliphatic carbocycles. The van der Waals surface area contributed by atoms with E-state index in [4.69, 9.17) is 16.3 Å². The fourth-order valence-corrected chi connectivity index (χ4v) is 2.41. The van der Waals surface area contributed by atoms with E-state index in [0.29, 0.717) is 10.6 Å². The van der Waals surface area contributed by atoms with Crippen LogP contribution in [0.15, 0.2) is 48.5 Å². The number of carbonyl (C=O) groups excluding carboxylic acids is 2. The molecule has 0 radical (unpaired) electrons. The number of esters is 1. The minimum absolute atomic E-state index is 0.0844. The summed E-state index contributed by atoms with van der Waals surface area (Å²) in [6.45, 7) is 1.30. The molecule has 2 aromatic carbocycles. The summed E-state index contributed by atoms with van der Waals surface area (Å²) in [5, 5.41) is 13.6. The lowest BCUT2D eigenvalue weighted by Gasteiger charge is -2.15. The van der Waals surface area contributed by atoms with E-state index in [1.807, 2.05) is 0 Å². The number of hydrogen-bond acceptors (Lipinski definition) is 5. The molecular weight excluding hydrogens is 348 g/mol. The van der Waals surface area contributed by atoms with Crippen LogP contribution in [0.3, 0.4) is 0 Å². The third-order valence-electron chi connectivity index (χ3n) is 3.36. The van der Waals surface area contributed by atoms with Crippen molar-refractivity contribution < 1.29 is 19.2 Å². The lowest BCUT2D eigenvalue weighted by atomic mass is 10.1. The molecule has 1 atom stereocenters.